The zero-order valence-corrected chi connectivity index (χ0v) is 6.24. The number of thioether (sulfide) groups is 1. The molecular formula is C5H5ClN2S. The Morgan fingerprint density at radius 1 is 2.00 bits per heavy atom. The first-order valence-corrected chi connectivity index (χ1v) is 3.85. The molecule has 0 fully saturated rings. The van der Waals surface area contributed by atoms with Crippen LogP contribution in [-0.2, 0) is 0 Å². The number of hydrogen-bond donors (Lipinski definition) is 0. The quantitative estimate of drug-likeness (QED) is 0.547. The minimum absolute atomic E-state index is 0.0633. The van der Waals surface area contributed by atoms with Gasteiger partial charge in [-0.05, 0) is 0 Å². The minimum atomic E-state index is 0.0633. The number of hydrogen-bond acceptors (Lipinski definition) is 3. The summed E-state index contributed by atoms with van der Waals surface area (Å²) in [5.41, 5.74) is 0. The molecule has 1 rings (SSSR count). The van der Waals surface area contributed by atoms with Crippen LogP contribution in [-0.4, -0.2) is 16.3 Å². The van der Waals surface area contributed by atoms with E-state index in [0.717, 1.165) is 5.04 Å². The SMILES string of the molecule is N#CCC1=NCC(Cl)S1. The molecule has 4 heteroatoms. The molecule has 0 spiro atoms. The van der Waals surface area contributed by atoms with Gasteiger partial charge >= 0.3 is 0 Å². The van der Waals surface area contributed by atoms with Crippen molar-refractivity contribution in [2.24, 2.45) is 4.99 Å². The summed E-state index contributed by atoms with van der Waals surface area (Å²) in [6.45, 7) is 0.656. The van der Waals surface area contributed by atoms with Crippen LogP contribution >= 0.6 is 23.4 Å². The Kier molecular flexibility index (Phi) is 2.38. The van der Waals surface area contributed by atoms with Gasteiger partial charge in [0, 0.05) is 0 Å². The van der Waals surface area contributed by atoms with Gasteiger partial charge in [0.05, 0.1) is 24.1 Å². The summed E-state index contributed by atoms with van der Waals surface area (Å²) in [5, 5.41) is 9.10. The van der Waals surface area contributed by atoms with Gasteiger partial charge in [0.25, 0.3) is 0 Å². The van der Waals surface area contributed by atoms with Crippen LogP contribution in [0.15, 0.2) is 4.99 Å². The van der Waals surface area contributed by atoms with E-state index in [4.69, 9.17) is 16.9 Å². The van der Waals surface area contributed by atoms with Crippen molar-refractivity contribution in [1.29, 1.82) is 5.26 Å². The maximum absolute atomic E-state index is 8.23. The van der Waals surface area contributed by atoms with Gasteiger partial charge in [-0.15, -0.1) is 11.6 Å². The van der Waals surface area contributed by atoms with Crippen LogP contribution in [0.3, 0.4) is 0 Å². The summed E-state index contributed by atoms with van der Waals surface area (Å²) in [6.07, 6.45) is 0.411. The third kappa shape index (κ3) is 1.88. The van der Waals surface area contributed by atoms with Gasteiger partial charge in [0.2, 0.25) is 0 Å². The molecule has 0 aromatic heterocycles. The highest BCUT2D eigenvalue weighted by Gasteiger charge is 2.15. The molecule has 1 aliphatic heterocycles. The van der Waals surface area contributed by atoms with Crippen molar-refractivity contribution in [1.82, 2.24) is 0 Å². The number of rotatable bonds is 1. The Bertz CT molecular complexity index is 172. The fourth-order valence-electron chi connectivity index (χ4n) is 0.561. The molecule has 0 saturated carbocycles. The highest BCUT2D eigenvalue weighted by Crippen LogP contribution is 2.25. The van der Waals surface area contributed by atoms with Crippen molar-refractivity contribution < 1.29 is 0 Å². The van der Waals surface area contributed by atoms with Crippen LogP contribution in [0.25, 0.3) is 0 Å². The largest absolute Gasteiger partial charge is 0.279 e. The Morgan fingerprint density at radius 2 is 2.78 bits per heavy atom. The molecule has 0 radical (unpaired) electrons. The van der Waals surface area contributed by atoms with E-state index in [9.17, 15) is 0 Å². The normalized spacial score (nSPS) is 25.3. The lowest BCUT2D eigenvalue weighted by Crippen LogP contribution is -1.89. The van der Waals surface area contributed by atoms with Crippen LogP contribution in [0.1, 0.15) is 6.42 Å². The van der Waals surface area contributed by atoms with Gasteiger partial charge in [-0.25, -0.2) is 0 Å². The second-order valence-electron chi connectivity index (χ2n) is 1.60. The summed E-state index contributed by atoms with van der Waals surface area (Å²) in [6, 6.07) is 2.02. The van der Waals surface area contributed by atoms with Crippen molar-refractivity contribution >= 4 is 28.4 Å². The summed E-state index contributed by atoms with van der Waals surface area (Å²) in [5.74, 6) is 0. The maximum Gasteiger partial charge on any atom is 0.104 e. The van der Waals surface area contributed by atoms with Crippen molar-refractivity contribution in [3.05, 3.63) is 0 Å². The third-order valence-electron chi connectivity index (χ3n) is 0.905. The molecule has 0 N–H and O–H groups in total. The Hall–Kier alpha value is -0.200. The number of nitriles is 1. The van der Waals surface area contributed by atoms with Crippen molar-refractivity contribution in [3.63, 3.8) is 0 Å². The lowest BCUT2D eigenvalue weighted by atomic mass is 10.5. The highest BCUT2D eigenvalue weighted by atomic mass is 35.5. The molecule has 0 saturated heterocycles. The summed E-state index contributed by atoms with van der Waals surface area (Å²) in [4.78, 5) is 4.03. The van der Waals surface area contributed by atoms with Crippen molar-refractivity contribution in [2.75, 3.05) is 6.54 Å². The first-order chi connectivity index (χ1) is 4.33. The number of nitrogens with zero attached hydrogens (tertiary/aromatic N) is 2. The molecule has 0 aromatic rings. The standard InChI is InChI=1S/C5H5ClN2S/c6-4-3-8-5(9-4)1-2-7/h4H,1,3H2. The molecule has 0 aromatic carbocycles. The van der Waals surface area contributed by atoms with Gasteiger partial charge in [0.15, 0.2) is 0 Å². The lowest BCUT2D eigenvalue weighted by Gasteiger charge is -1.91. The second kappa shape index (κ2) is 3.09. The molecule has 0 bridgehead atoms. The zero-order chi connectivity index (χ0) is 6.69. The van der Waals surface area contributed by atoms with E-state index in [2.05, 4.69) is 4.99 Å². The average molecular weight is 161 g/mol. The minimum Gasteiger partial charge on any atom is -0.279 e. The fraction of sp³-hybridized carbons (Fsp3) is 0.600. The predicted octanol–water partition coefficient (Wildman–Crippen LogP) is 1.61. The predicted molar refractivity (Wildman–Crippen MR) is 39.8 cm³/mol. The van der Waals surface area contributed by atoms with Gasteiger partial charge in [-0.2, -0.15) is 5.26 Å². The van der Waals surface area contributed by atoms with Gasteiger partial charge in [-0.1, -0.05) is 11.8 Å². The van der Waals surface area contributed by atoms with E-state index < -0.39 is 0 Å². The van der Waals surface area contributed by atoms with E-state index in [-0.39, 0.29) is 4.71 Å². The Labute approximate surface area is 62.9 Å². The highest BCUT2D eigenvalue weighted by molar-refractivity contribution is 8.15. The molecule has 48 valence electrons. The summed E-state index contributed by atoms with van der Waals surface area (Å²) >= 11 is 7.16. The maximum atomic E-state index is 8.23. The molecule has 1 atom stereocenters. The number of alkyl halides is 1. The molecule has 2 nitrogen and oxygen atoms in total. The van der Waals surface area contributed by atoms with Crippen molar-refractivity contribution in [2.45, 2.75) is 11.1 Å². The fourth-order valence-corrected chi connectivity index (χ4v) is 1.68. The van der Waals surface area contributed by atoms with Crippen LogP contribution in [0.5, 0.6) is 0 Å². The number of halogens is 1. The van der Waals surface area contributed by atoms with Gasteiger partial charge < -0.3 is 0 Å². The average Bonchev–Trinajstić information content (AvgIpc) is 2.17. The number of aliphatic imine (C=N–C) groups is 1. The zero-order valence-electron chi connectivity index (χ0n) is 4.67. The van der Waals surface area contributed by atoms with E-state index in [1.165, 1.54) is 11.8 Å². The molecule has 0 aliphatic carbocycles. The van der Waals surface area contributed by atoms with E-state index in [1.807, 2.05) is 6.07 Å². The second-order valence-corrected chi connectivity index (χ2v) is 3.66. The molecule has 9 heavy (non-hydrogen) atoms. The lowest BCUT2D eigenvalue weighted by molar-refractivity contribution is 1.12. The van der Waals surface area contributed by atoms with Crippen LogP contribution in [0, 0.1) is 11.3 Å². The Balaban J connectivity index is 2.38. The summed E-state index contributed by atoms with van der Waals surface area (Å²) < 4.78 is 0.0633. The summed E-state index contributed by atoms with van der Waals surface area (Å²) in [7, 11) is 0. The topological polar surface area (TPSA) is 36.1 Å². The molecule has 1 unspecified atom stereocenters. The van der Waals surface area contributed by atoms with Gasteiger partial charge in [-0.3, -0.25) is 4.99 Å². The van der Waals surface area contributed by atoms with Crippen LogP contribution in [0.2, 0.25) is 0 Å². The third-order valence-corrected chi connectivity index (χ3v) is 2.26. The van der Waals surface area contributed by atoms with E-state index in [1.54, 1.807) is 0 Å². The van der Waals surface area contributed by atoms with Gasteiger partial charge in [0.1, 0.15) is 4.71 Å². The smallest absolute Gasteiger partial charge is 0.104 e. The van der Waals surface area contributed by atoms with Crippen LogP contribution < -0.4 is 0 Å². The molecule has 0 amide bonds. The Morgan fingerprint density at radius 3 is 3.22 bits per heavy atom. The monoisotopic (exact) mass is 160 g/mol. The molecule has 1 aliphatic rings. The van der Waals surface area contributed by atoms with E-state index in [0.29, 0.717) is 13.0 Å². The first kappa shape index (κ1) is 6.91. The molecular weight excluding hydrogens is 156 g/mol. The van der Waals surface area contributed by atoms with Crippen molar-refractivity contribution in [3.8, 4) is 6.07 Å². The van der Waals surface area contributed by atoms with E-state index >= 15 is 0 Å². The molecule has 1 heterocycles. The first-order valence-electron chi connectivity index (χ1n) is 2.54. The van der Waals surface area contributed by atoms with Crippen LogP contribution in [0.4, 0.5) is 0 Å².